The third-order valence-corrected chi connectivity index (χ3v) is 4.94. The van der Waals surface area contributed by atoms with Crippen molar-refractivity contribution in [3.8, 4) is 0 Å². The lowest BCUT2D eigenvalue weighted by Gasteiger charge is -2.40. The van der Waals surface area contributed by atoms with Crippen LogP contribution in [0.3, 0.4) is 0 Å². The highest BCUT2D eigenvalue weighted by molar-refractivity contribution is 4.95. The van der Waals surface area contributed by atoms with E-state index < -0.39 is 0 Å². The number of hydrazine groups is 1. The molecule has 3 nitrogen and oxygen atoms in total. The van der Waals surface area contributed by atoms with Crippen LogP contribution in [-0.2, 0) is 4.74 Å². The van der Waals surface area contributed by atoms with Gasteiger partial charge in [-0.2, -0.15) is 0 Å². The first kappa shape index (κ1) is 16.9. The summed E-state index contributed by atoms with van der Waals surface area (Å²) in [6, 6.07) is 0.423. The van der Waals surface area contributed by atoms with Gasteiger partial charge in [-0.25, -0.2) is 0 Å². The Morgan fingerprint density at radius 3 is 2.26 bits per heavy atom. The van der Waals surface area contributed by atoms with E-state index in [0.717, 1.165) is 18.8 Å². The monoisotopic (exact) mass is 270 g/mol. The maximum Gasteiger partial charge on any atom is 0.0623 e. The van der Waals surface area contributed by atoms with E-state index in [1.807, 2.05) is 0 Å². The average Bonchev–Trinajstić information content (AvgIpc) is 2.78. The molecule has 0 saturated heterocycles. The number of ether oxygens (including phenoxy) is 1. The third kappa shape index (κ3) is 4.73. The second-order valence-electron chi connectivity index (χ2n) is 7.39. The molecule has 1 unspecified atom stereocenters. The van der Waals surface area contributed by atoms with Gasteiger partial charge in [-0.15, -0.1) is 0 Å². The number of nitrogens with two attached hydrogens (primary N) is 1. The quantitative estimate of drug-likeness (QED) is 0.523. The lowest BCUT2D eigenvalue weighted by atomic mass is 9.71. The summed E-state index contributed by atoms with van der Waals surface area (Å²) in [4.78, 5) is 0. The molecular weight excluding hydrogens is 236 g/mol. The molecule has 0 heterocycles. The van der Waals surface area contributed by atoms with Crippen molar-refractivity contribution in [2.24, 2.45) is 17.2 Å². The molecule has 0 spiro atoms. The lowest BCUT2D eigenvalue weighted by molar-refractivity contribution is 0.00554. The van der Waals surface area contributed by atoms with Crippen molar-refractivity contribution in [3.63, 3.8) is 0 Å². The molecule has 1 atom stereocenters. The van der Waals surface area contributed by atoms with Crippen LogP contribution in [0, 0.1) is 11.3 Å². The third-order valence-electron chi connectivity index (χ3n) is 4.94. The minimum Gasteiger partial charge on any atom is -0.379 e. The number of rotatable bonds is 8. The predicted molar refractivity (Wildman–Crippen MR) is 81.8 cm³/mol. The second kappa shape index (κ2) is 7.05. The molecule has 0 aromatic carbocycles. The first-order chi connectivity index (χ1) is 8.85. The Bertz CT molecular complexity index is 257. The van der Waals surface area contributed by atoms with Gasteiger partial charge < -0.3 is 4.74 Å². The van der Waals surface area contributed by atoms with E-state index in [-0.39, 0.29) is 5.60 Å². The molecule has 0 aromatic heterocycles. The molecule has 0 bridgehead atoms. The maximum atomic E-state index is 5.89. The zero-order chi connectivity index (χ0) is 14.5. The van der Waals surface area contributed by atoms with Crippen LogP contribution in [0.5, 0.6) is 0 Å². The Morgan fingerprint density at radius 1 is 1.26 bits per heavy atom. The van der Waals surface area contributed by atoms with E-state index in [4.69, 9.17) is 10.6 Å². The topological polar surface area (TPSA) is 47.3 Å². The fourth-order valence-corrected chi connectivity index (χ4v) is 3.75. The van der Waals surface area contributed by atoms with Gasteiger partial charge in [-0.1, -0.05) is 26.7 Å². The predicted octanol–water partition coefficient (Wildman–Crippen LogP) is 3.63. The largest absolute Gasteiger partial charge is 0.379 e. The van der Waals surface area contributed by atoms with Gasteiger partial charge in [0, 0.05) is 13.2 Å². The van der Waals surface area contributed by atoms with Gasteiger partial charge >= 0.3 is 0 Å². The summed E-state index contributed by atoms with van der Waals surface area (Å²) in [5.74, 6) is 6.63. The normalized spacial score (nSPS) is 21.0. The van der Waals surface area contributed by atoms with Crippen molar-refractivity contribution in [2.45, 2.75) is 84.3 Å². The summed E-state index contributed by atoms with van der Waals surface area (Å²) in [6.45, 7) is 8.97. The molecular formula is C16H34N2O. The SMILES string of the molecule is COC(C)(C)CCC(NN)C1(CC(C)C)CCCC1. The van der Waals surface area contributed by atoms with Crippen molar-refractivity contribution >= 4 is 0 Å². The highest BCUT2D eigenvalue weighted by Gasteiger charge is 2.41. The Kier molecular flexibility index (Phi) is 6.28. The summed E-state index contributed by atoms with van der Waals surface area (Å²) in [5, 5.41) is 0. The van der Waals surface area contributed by atoms with Crippen molar-refractivity contribution < 1.29 is 4.74 Å². The zero-order valence-electron chi connectivity index (χ0n) is 13.6. The van der Waals surface area contributed by atoms with E-state index >= 15 is 0 Å². The minimum atomic E-state index is -0.0489. The van der Waals surface area contributed by atoms with Crippen LogP contribution in [0.15, 0.2) is 0 Å². The van der Waals surface area contributed by atoms with Crippen molar-refractivity contribution in [2.75, 3.05) is 7.11 Å². The van der Waals surface area contributed by atoms with E-state index in [1.165, 1.54) is 32.1 Å². The molecule has 0 radical (unpaired) electrons. The molecule has 1 aliphatic rings. The molecule has 1 fully saturated rings. The molecule has 3 heteroatoms. The Morgan fingerprint density at radius 2 is 1.84 bits per heavy atom. The summed E-state index contributed by atoms with van der Waals surface area (Å²) in [6.07, 6.45) is 8.82. The standard InChI is InChI=1S/C16H34N2O/c1-13(2)12-16(9-6-7-10-16)14(18-17)8-11-15(3,4)19-5/h13-14,18H,6-12,17H2,1-5H3. The minimum absolute atomic E-state index is 0.0489. The summed E-state index contributed by atoms with van der Waals surface area (Å²) < 4.78 is 5.54. The number of hydrogen-bond donors (Lipinski definition) is 2. The molecule has 0 aromatic rings. The van der Waals surface area contributed by atoms with Crippen LogP contribution in [-0.4, -0.2) is 18.8 Å². The van der Waals surface area contributed by atoms with Crippen LogP contribution in [0.4, 0.5) is 0 Å². The van der Waals surface area contributed by atoms with Crippen molar-refractivity contribution in [1.29, 1.82) is 0 Å². The lowest BCUT2D eigenvalue weighted by Crippen LogP contribution is -2.48. The van der Waals surface area contributed by atoms with E-state index in [2.05, 4.69) is 33.1 Å². The van der Waals surface area contributed by atoms with E-state index in [0.29, 0.717) is 11.5 Å². The Labute approximate surface area is 119 Å². The highest BCUT2D eigenvalue weighted by Crippen LogP contribution is 2.47. The van der Waals surface area contributed by atoms with Crippen LogP contribution >= 0.6 is 0 Å². The first-order valence-corrected chi connectivity index (χ1v) is 7.86. The fraction of sp³-hybridized carbons (Fsp3) is 1.00. The summed E-state index contributed by atoms with van der Waals surface area (Å²) in [5.41, 5.74) is 3.49. The maximum absolute atomic E-state index is 5.89. The average molecular weight is 270 g/mol. The van der Waals surface area contributed by atoms with Crippen molar-refractivity contribution in [3.05, 3.63) is 0 Å². The molecule has 19 heavy (non-hydrogen) atoms. The van der Waals surface area contributed by atoms with Gasteiger partial charge in [0.1, 0.15) is 0 Å². The molecule has 1 aliphatic carbocycles. The number of nitrogens with one attached hydrogen (secondary N) is 1. The van der Waals surface area contributed by atoms with Crippen LogP contribution in [0.25, 0.3) is 0 Å². The van der Waals surface area contributed by atoms with Gasteiger partial charge in [-0.3, -0.25) is 11.3 Å². The molecule has 0 amide bonds. The first-order valence-electron chi connectivity index (χ1n) is 7.86. The fourth-order valence-electron chi connectivity index (χ4n) is 3.75. The molecule has 1 rings (SSSR count). The van der Waals surface area contributed by atoms with Crippen molar-refractivity contribution in [1.82, 2.24) is 5.43 Å². The molecule has 0 aliphatic heterocycles. The highest BCUT2D eigenvalue weighted by atomic mass is 16.5. The van der Waals surface area contributed by atoms with E-state index in [9.17, 15) is 0 Å². The smallest absolute Gasteiger partial charge is 0.0623 e. The Balaban J connectivity index is 2.69. The molecule has 1 saturated carbocycles. The van der Waals surface area contributed by atoms with Gasteiger partial charge in [0.25, 0.3) is 0 Å². The van der Waals surface area contributed by atoms with Gasteiger partial charge in [0.2, 0.25) is 0 Å². The molecule has 114 valence electrons. The Hall–Kier alpha value is -0.120. The number of methoxy groups -OCH3 is 1. The summed E-state index contributed by atoms with van der Waals surface area (Å²) >= 11 is 0. The van der Waals surface area contributed by atoms with Crippen LogP contribution < -0.4 is 11.3 Å². The summed E-state index contributed by atoms with van der Waals surface area (Å²) in [7, 11) is 1.80. The van der Waals surface area contributed by atoms with E-state index in [1.54, 1.807) is 7.11 Å². The molecule has 3 N–H and O–H groups in total. The zero-order valence-corrected chi connectivity index (χ0v) is 13.6. The van der Waals surface area contributed by atoms with Gasteiger partial charge in [-0.05, 0) is 57.3 Å². The number of hydrogen-bond acceptors (Lipinski definition) is 3. The second-order valence-corrected chi connectivity index (χ2v) is 7.39. The van der Waals surface area contributed by atoms with Gasteiger partial charge in [0.15, 0.2) is 0 Å². The van der Waals surface area contributed by atoms with Gasteiger partial charge in [0.05, 0.1) is 5.60 Å². The van der Waals surface area contributed by atoms with Crippen LogP contribution in [0.1, 0.15) is 72.6 Å². The van der Waals surface area contributed by atoms with Crippen LogP contribution in [0.2, 0.25) is 0 Å².